The predicted molar refractivity (Wildman–Crippen MR) is 65.1 cm³/mol. The molecule has 0 rings (SSSR count). The molecule has 7 nitrogen and oxygen atoms in total. The van der Waals surface area contributed by atoms with Crippen LogP contribution >= 0.6 is 0 Å². The Morgan fingerprint density at radius 3 is 1.44 bits per heavy atom. The third-order valence-corrected chi connectivity index (χ3v) is 2.03. The Morgan fingerprint density at radius 2 is 1.22 bits per heavy atom. The maximum absolute atomic E-state index is 9.90. The van der Waals surface area contributed by atoms with Crippen molar-refractivity contribution in [3.05, 3.63) is 0 Å². The van der Waals surface area contributed by atoms with Gasteiger partial charge < -0.3 is 26.2 Å². The van der Waals surface area contributed by atoms with Gasteiger partial charge in [-0.2, -0.15) is 0 Å². The van der Waals surface area contributed by atoms with Crippen molar-refractivity contribution in [2.24, 2.45) is 5.73 Å². The van der Waals surface area contributed by atoms with Crippen LogP contribution in [0.2, 0.25) is 0 Å². The maximum Gasteiger partial charge on any atom is 0.303 e. The van der Waals surface area contributed by atoms with Gasteiger partial charge in [0.15, 0.2) is 0 Å². The second kappa shape index (κ2) is 13.9. The molecular weight excluding hydrogens is 242 g/mol. The molecule has 0 saturated carbocycles. The number of carbonyl (C=O) groups is 2. The Balaban J connectivity index is 0. The SMILES string of the molecule is NC(CCO)CCO.O=C(O)CCCCC(=O)O. The van der Waals surface area contributed by atoms with Crippen molar-refractivity contribution in [3.8, 4) is 0 Å². The van der Waals surface area contributed by atoms with E-state index in [1.54, 1.807) is 0 Å². The molecule has 0 unspecified atom stereocenters. The number of carboxylic acids is 2. The summed E-state index contributed by atoms with van der Waals surface area (Å²) in [4.78, 5) is 19.8. The lowest BCUT2D eigenvalue weighted by atomic mass is 10.2. The van der Waals surface area contributed by atoms with Crippen molar-refractivity contribution in [1.82, 2.24) is 0 Å². The molecule has 7 heteroatoms. The average molecular weight is 265 g/mol. The van der Waals surface area contributed by atoms with E-state index in [1.165, 1.54) is 0 Å². The molecule has 0 heterocycles. The molecule has 0 aromatic rings. The Hall–Kier alpha value is -1.18. The minimum atomic E-state index is -0.870. The monoisotopic (exact) mass is 265 g/mol. The Bertz CT molecular complexity index is 200. The fourth-order valence-electron chi connectivity index (χ4n) is 1.03. The van der Waals surface area contributed by atoms with E-state index in [2.05, 4.69) is 0 Å². The molecule has 0 radical (unpaired) electrons. The summed E-state index contributed by atoms with van der Waals surface area (Å²) >= 11 is 0. The first kappa shape index (κ1) is 19.2. The summed E-state index contributed by atoms with van der Waals surface area (Å²) in [5.74, 6) is -1.74. The van der Waals surface area contributed by atoms with E-state index in [0.717, 1.165) is 0 Å². The summed E-state index contributed by atoms with van der Waals surface area (Å²) in [5.41, 5.74) is 5.37. The van der Waals surface area contributed by atoms with Gasteiger partial charge in [-0.3, -0.25) is 9.59 Å². The Morgan fingerprint density at radius 1 is 0.889 bits per heavy atom. The average Bonchev–Trinajstić information content (AvgIpc) is 2.25. The van der Waals surface area contributed by atoms with Crippen LogP contribution in [0.15, 0.2) is 0 Å². The predicted octanol–water partition coefficient (Wildman–Crippen LogP) is -0.206. The first-order valence-electron chi connectivity index (χ1n) is 5.84. The number of hydrogen-bond acceptors (Lipinski definition) is 5. The van der Waals surface area contributed by atoms with Gasteiger partial charge in [-0.15, -0.1) is 0 Å². The van der Waals surface area contributed by atoms with Crippen molar-refractivity contribution >= 4 is 11.9 Å². The van der Waals surface area contributed by atoms with Crippen molar-refractivity contribution in [2.45, 2.75) is 44.6 Å². The quantitative estimate of drug-likeness (QED) is 0.363. The van der Waals surface area contributed by atoms with Crippen molar-refractivity contribution < 1.29 is 30.0 Å². The van der Waals surface area contributed by atoms with Crippen LogP contribution in [0.1, 0.15) is 38.5 Å². The van der Waals surface area contributed by atoms with Gasteiger partial charge in [0.2, 0.25) is 0 Å². The largest absolute Gasteiger partial charge is 0.481 e. The zero-order valence-corrected chi connectivity index (χ0v) is 10.4. The molecule has 0 spiro atoms. The number of aliphatic hydroxyl groups is 2. The molecule has 0 amide bonds. The third-order valence-electron chi connectivity index (χ3n) is 2.03. The van der Waals surface area contributed by atoms with E-state index in [-0.39, 0.29) is 32.1 Å². The van der Waals surface area contributed by atoms with Crippen LogP contribution in [0.25, 0.3) is 0 Å². The molecule has 0 aromatic heterocycles. The minimum Gasteiger partial charge on any atom is -0.481 e. The summed E-state index contributed by atoms with van der Waals surface area (Å²) in [6.07, 6.45) is 2.19. The van der Waals surface area contributed by atoms with Gasteiger partial charge in [0.05, 0.1) is 0 Å². The Labute approximate surface area is 106 Å². The van der Waals surface area contributed by atoms with E-state index in [1.807, 2.05) is 0 Å². The molecule has 18 heavy (non-hydrogen) atoms. The van der Waals surface area contributed by atoms with Crippen LogP contribution < -0.4 is 5.73 Å². The molecule has 0 saturated heterocycles. The molecule has 0 aliphatic carbocycles. The van der Waals surface area contributed by atoms with Crippen molar-refractivity contribution in [1.29, 1.82) is 0 Å². The minimum absolute atomic E-state index is 0.0370. The molecule has 0 bridgehead atoms. The summed E-state index contributed by atoms with van der Waals surface area (Å²) < 4.78 is 0. The van der Waals surface area contributed by atoms with Gasteiger partial charge in [-0.05, 0) is 25.7 Å². The van der Waals surface area contributed by atoms with Gasteiger partial charge >= 0.3 is 11.9 Å². The molecule has 0 fully saturated rings. The number of aliphatic carboxylic acids is 2. The fourth-order valence-corrected chi connectivity index (χ4v) is 1.03. The highest BCUT2D eigenvalue weighted by molar-refractivity contribution is 5.67. The number of rotatable bonds is 9. The standard InChI is InChI=1S/C6H10O4.C5H13NO2/c7-5(8)3-1-2-4-6(9)10;6-5(1-3-7)2-4-8/h1-4H2,(H,7,8)(H,9,10);5,7-8H,1-4,6H2. The molecule has 0 aromatic carbocycles. The second-order valence-electron chi connectivity index (χ2n) is 3.78. The fraction of sp³-hybridized carbons (Fsp3) is 0.818. The van der Waals surface area contributed by atoms with Crippen LogP contribution in [0.4, 0.5) is 0 Å². The van der Waals surface area contributed by atoms with Crippen molar-refractivity contribution in [2.75, 3.05) is 13.2 Å². The highest BCUT2D eigenvalue weighted by atomic mass is 16.4. The number of carboxylic acid groups (broad SMARTS) is 2. The zero-order valence-electron chi connectivity index (χ0n) is 10.4. The van der Waals surface area contributed by atoms with Crippen LogP contribution in [0.3, 0.4) is 0 Å². The van der Waals surface area contributed by atoms with E-state index >= 15 is 0 Å². The lowest BCUT2D eigenvalue weighted by Gasteiger charge is -2.05. The van der Waals surface area contributed by atoms with Crippen LogP contribution in [0, 0.1) is 0 Å². The lowest BCUT2D eigenvalue weighted by Crippen LogP contribution is -2.22. The zero-order chi connectivity index (χ0) is 14.4. The van der Waals surface area contributed by atoms with E-state index < -0.39 is 11.9 Å². The number of unbranched alkanes of at least 4 members (excludes halogenated alkanes) is 1. The summed E-state index contributed by atoms with van der Waals surface area (Å²) in [7, 11) is 0. The summed E-state index contributed by atoms with van der Waals surface area (Å²) in [6.45, 7) is 0.225. The molecule has 6 N–H and O–H groups in total. The number of nitrogens with two attached hydrogens (primary N) is 1. The van der Waals surface area contributed by atoms with E-state index in [4.69, 9.17) is 26.2 Å². The highest BCUT2D eigenvalue weighted by Crippen LogP contribution is 1.98. The van der Waals surface area contributed by atoms with E-state index in [9.17, 15) is 9.59 Å². The molecule has 0 atom stereocenters. The molecule has 108 valence electrons. The molecular formula is C11H23NO6. The van der Waals surface area contributed by atoms with Gasteiger partial charge in [0.1, 0.15) is 0 Å². The van der Waals surface area contributed by atoms with Crippen molar-refractivity contribution in [3.63, 3.8) is 0 Å². The first-order chi connectivity index (χ1) is 8.43. The summed E-state index contributed by atoms with van der Waals surface area (Å²) in [5, 5.41) is 32.9. The topological polar surface area (TPSA) is 141 Å². The third kappa shape index (κ3) is 20.3. The van der Waals surface area contributed by atoms with Gasteiger partial charge in [0, 0.05) is 32.1 Å². The number of hydrogen-bond donors (Lipinski definition) is 5. The van der Waals surface area contributed by atoms with Crippen LogP contribution in [0.5, 0.6) is 0 Å². The smallest absolute Gasteiger partial charge is 0.303 e. The molecule has 0 aliphatic heterocycles. The highest BCUT2D eigenvalue weighted by Gasteiger charge is 1.99. The second-order valence-corrected chi connectivity index (χ2v) is 3.78. The maximum atomic E-state index is 9.90. The van der Waals surface area contributed by atoms with Crippen LogP contribution in [-0.2, 0) is 9.59 Å². The van der Waals surface area contributed by atoms with E-state index in [0.29, 0.717) is 25.7 Å². The van der Waals surface area contributed by atoms with Gasteiger partial charge in [-0.25, -0.2) is 0 Å². The normalized spacial score (nSPS) is 9.78. The lowest BCUT2D eigenvalue weighted by molar-refractivity contribution is -0.139. The first-order valence-corrected chi connectivity index (χ1v) is 5.84. The van der Waals surface area contributed by atoms with Crippen LogP contribution in [-0.4, -0.2) is 51.6 Å². The number of aliphatic hydroxyl groups excluding tert-OH is 2. The van der Waals surface area contributed by atoms with Gasteiger partial charge in [0.25, 0.3) is 0 Å². The van der Waals surface area contributed by atoms with Gasteiger partial charge in [-0.1, -0.05) is 0 Å². The molecule has 0 aliphatic rings. The Kier molecular flexibility index (Phi) is 14.8. The summed E-state index contributed by atoms with van der Waals surface area (Å²) in [6, 6.07) is -0.0370.